The van der Waals surface area contributed by atoms with Crippen molar-refractivity contribution in [3.05, 3.63) is 77.4 Å². The maximum Gasteiger partial charge on any atom is 0.407 e. The van der Waals surface area contributed by atoms with Crippen LogP contribution in [0.15, 0.2) is 60.7 Å². The second-order valence-electron chi connectivity index (χ2n) is 5.70. The zero-order valence-corrected chi connectivity index (χ0v) is 14.7. The van der Waals surface area contributed by atoms with E-state index in [9.17, 15) is 4.79 Å². The first-order chi connectivity index (χ1) is 12.3. The number of benzene rings is 2. The van der Waals surface area contributed by atoms with E-state index in [1.807, 2.05) is 30.3 Å². The summed E-state index contributed by atoms with van der Waals surface area (Å²) in [4.78, 5) is 11.6. The summed E-state index contributed by atoms with van der Waals surface area (Å²) < 4.78 is 5.17. The van der Waals surface area contributed by atoms with Crippen LogP contribution in [0.5, 0.6) is 0 Å². The fraction of sp³-hybridized carbons (Fsp3) is 0.286. The maximum atomic E-state index is 11.6. The molecule has 2 N–H and O–H groups in total. The van der Waals surface area contributed by atoms with E-state index in [-0.39, 0.29) is 6.09 Å². The van der Waals surface area contributed by atoms with Gasteiger partial charge in [0.15, 0.2) is 0 Å². The molecule has 0 atom stereocenters. The Morgan fingerprint density at radius 3 is 2.68 bits per heavy atom. The molecule has 4 nitrogen and oxygen atoms in total. The summed E-state index contributed by atoms with van der Waals surface area (Å²) in [5.74, 6) is 0. The first-order valence-corrected chi connectivity index (χ1v) is 8.68. The van der Waals surface area contributed by atoms with E-state index < -0.39 is 0 Å². The minimum Gasteiger partial charge on any atom is -0.445 e. The molecule has 0 aliphatic carbocycles. The van der Waals surface area contributed by atoms with Crippen molar-refractivity contribution in [1.82, 2.24) is 10.6 Å². The fourth-order valence-electron chi connectivity index (χ4n) is 2.33. The number of nitrogens with one attached hydrogen (secondary N) is 2. The topological polar surface area (TPSA) is 50.4 Å². The van der Waals surface area contributed by atoms with Gasteiger partial charge in [0.25, 0.3) is 0 Å². The van der Waals surface area contributed by atoms with E-state index in [2.05, 4.69) is 54.0 Å². The van der Waals surface area contributed by atoms with Crippen molar-refractivity contribution in [2.45, 2.75) is 26.5 Å². The Hall–Kier alpha value is -2.59. The predicted molar refractivity (Wildman–Crippen MR) is 102 cm³/mol. The van der Waals surface area contributed by atoms with Gasteiger partial charge in [-0.3, -0.25) is 0 Å². The van der Waals surface area contributed by atoms with E-state index in [1.165, 1.54) is 11.1 Å². The highest BCUT2D eigenvalue weighted by molar-refractivity contribution is 5.67. The Kier molecular flexibility index (Phi) is 8.29. The van der Waals surface area contributed by atoms with Crippen molar-refractivity contribution in [3.8, 4) is 0 Å². The molecule has 0 saturated heterocycles. The molecule has 132 valence electrons. The average molecular weight is 338 g/mol. The lowest BCUT2D eigenvalue weighted by molar-refractivity contribution is 0.140. The molecule has 0 saturated carbocycles. The van der Waals surface area contributed by atoms with Gasteiger partial charge >= 0.3 is 6.09 Å². The van der Waals surface area contributed by atoms with Crippen molar-refractivity contribution in [2.24, 2.45) is 0 Å². The summed E-state index contributed by atoms with van der Waals surface area (Å²) in [6.45, 7) is 4.79. The van der Waals surface area contributed by atoms with Crippen LogP contribution < -0.4 is 10.6 Å². The van der Waals surface area contributed by atoms with Crippen LogP contribution in [0.25, 0.3) is 6.08 Å². The number of rotatable bonds is 9. The van der Waals surface area contributed by atoms with Crippen LogP contribution in [-0.4, -0.2) is 19.2 Å². The lowest BCUT2D eigenvalue weighted by Gasteiger charge is -2.06. The molecule has 0 heterocycles. The zero-order valence-electron chi connectivity index (χ0n) is 14.7. The van der Waals surface area contributed by atoms with Gasteiger partial charge in [-0.2, -0.15) is 0 Å². The molecule has 1 amide bonds. The Morgan fingerprint density at radius 1 is 1.08 bits per heavy atom. The molecule has 0 fully saturated rings. The molecule has 0 aliphatic rings. The lowest BCUT2D eigenvalue weighted by Crippen LogP contribution is -2.24. The molecule has 2 aromatic rings. The van der Waals surface area contributed by atoms with Crippen LogP contribution in [0, 0.1) is 0 Å². The molecule has 0 aliphatic heterocycles. The van der Waals surface area contributed by atoms with Crippen LogP contribution >= 0.6 is 0 Å². The molecular weight excluding hydrogens is 312 g/mol. The average Bonchev–Trinajstić information content (AvgIpc) is 2.65. The van der Waals surface area contributed by atoms with Gasteiger partial charge < -0.3 is 15.4 Å². The normalized spacial score (nSPS) is 10.8. The number of alkyl carbamates (subject to hydrolysis) is 1. The van der Waals surface area contributed by atoms with Crippen LogP contribution in [0.3, 0.4) is 0 Å². The minimum absolute atomic E-state index is 0.293. The molecule has 25 heavy (non-hydrogen) atoms. The van der Waals surface area contributed by atoms with Crippen molar-refractivity contribution in [3.63, 3.8) is 0 Å². The highest BCUT2D eigenvalue weighted by Gasteiger charge is 2.00. The number of carbonyl (C=O) groups is 1. The van der Waals surface area contributed by atoms with Crippen LogP contribution in [-0.2, 0) is 17.9 Å². The summed E-state index contributed by atoms with van der Waals surface area (Å²) in [7, 11) is 0. The Labute approximate surface area is 149 Å². The fourth-order valence-corrected chi connectivity index (χ4v) is 2.33. The molecule has 2 aromatic carbocycles. The maximum absolute atomic E-state index is 11.6. The van der Waals surface area contributed by atoms with Gasteiger partial charge in [0.05, 0.1) is 0 Å². The van der Waals surface area contributed by atoms with Gasteiger partial charge in [-0.05, 0) is 29.7 Å². The first-order valence-electron chi connectivity index (χ1n) is 8.68. The quantitative estimate of drug-likeness (QED) is 0.676. The number of ether oxygens (including phenoxy) is 1. The Morgan fingerprint density at radius 2 is 1.88 bits per heavy atom. The number of carbonyl (C=O) groups excluding carboxylic acids is 1. The van der Waals surface area contributed by atoms with Gasteiger partial charge in [0.2, 0.25) is 0 Å². The van der Waals surface area contributed by atoms with E-state index in [4.69, 9.17) is 4.74 Å². The lowest BCUT2D eigenvalue weighted by atomic mass is 10.1. The molecule has 0 bridgehead atoms. The largest absolute Gasteiger partial charge is 0.445 e. The van der Waals surface area contributed by atoms with Gasteiger partial charge in [0.1, 0.15) is 6.61 Å². The Bertz CT molecular complexity index is 669. The van der Waals surface area contributed by atoms with Crippen LogP contribution in [0.1, 0.15) is 30.0 Å². The van der Waals surface area contributed by atoms with E-state index in [0.717, 1.165) is 25.1 Å². The monoisotopic (exact) mass is 338 g/mol. The molecule has 4 heteroatoms. The van der Waals surface area contributed by atoms with Crippen LogP contribution in [0.2, 0.25) is 0 Å². The number of amides is 1. The number of hydrogen-bond donors (Lipinski definition) is 2. The third-order valence-electron chi connectivity index (χ3n) is 3.63. The molecule has 2 rings (SSSR count). The van der Waals surface area contributed by atoms with Gasteiger partial charge in [-0.15, -0.1) is 0 Å². The second kappa shape index (κ2) is 11.0. The molecule has 0 unspecified atom stereocenters. The SMILES string of the molecule is CCNCc1cccc(C=CCCNC(=O)OCc2ccccc2)c1. The second-order valence-corrected chi connectivity index (χ2v) is 5.70. The number of hydrogen-bond acceptors (Lipinski definition) is 3. The summed E-state index contributed by atoms with van der Waals surface area (Å²) in [6, 6.07) is 18.1. The third kappa shape index (κ3) is 7.68. The predicted octanol–water partition coefficient (Wildman–Crippen LogP) is 4.13. The molecular formula is C21H26N2O2. The molecule has 0 spiro atoms. The summed E-state index contributed by atoms with van der Waals surface area (Å²) in [5, 5.41) is 6.07. The standard InChI is InChI=1S/C21H26N2O2/c1-2-22-16-20-13-8-12-18(15-20)9-6-7-14-23-21(24)25-17-19-10-4-3-5-11-19/h3-6,8-13,15,22H,2,7,14,16-17H2,1H3,(H,23,24). The van der Waals surface area contributed by atoms with Crippen molar-refractivity contribution in [2.75, 3.05) is 13.1 Å². The van der Waals surface area contributed by atoms with Crippen LogP contribution in [0.4, 0.5) is 4.79 Å². The van der Waals surface area contributed by atoms with Crippen molar-refractivity contribution >= 4 is 12.2 Å². The first kappa shape index (κ1) is 18.7. The van der Waals surface area contributed by atoms with Crippen molar-refractivity contribution < 1.29 is 9.53 Å². The van der Waals surface area contributed by atoms with E-state index in [0.29, 0.717) is 13.2 Å². The van der Waals surface area contributed by atoms with E-state index >= 15 is 0 Å². The highest BCUT2D eigenvalue weighted by Crippen LogP contribution is 2.07. The molecule has 0 aromatic heterocycles. The van der Waals surface area contributed by atoms with Gasteiger partial charge in [-0.1, -0.05) is 73.7 Å². The van der Waals surface area contributed by atoms with Gasteiger partial charge in [-0.25, -0.2) is 4.79 Å². The zero-order chi connectivity index (χ0) is 17.7. The molecule has 0 radical (unpaired) electrons. The summed E-state index contributed by atoms with van der Waals surface area (Å²) in [5.41, 5.74) is 3.42. The third-order valence-corrected chi connectivity index (χ3v) is 3.63. The minimum atomic E-state index is -0.384. The Balaban J connectivity index is 1.65. The summed E-state index contributed by atoms with van der Waals surface area (Å²) >= 11 is 0. The summed E-state index contributed by atoms with van der Waals surface area (Å²) in [6.07, 6.45) is 4.51. The van der Waals surface area contributed by atoms with Crippen molar-refractivity contribution in [1.29, 1.82) is 0 Å². The van der Waals surface area contributed by atoms with Gasteiger partial charge in [0, 0.05) is 13.1 Å². The smallest absolute Gasteiger partial charge is 0.407 e. The highest BCUT2D eigenvalue weighted by atomic mass is 16.5. The van der Waals surface area contributed by atoms with E-state index in [1.54, 1.807) is 0 Å².